The third kappa shape index (κ3) is 5.66. The molecule has 10 heavy (non-hydrogen) atoms. The number of rotatable bonds is 2. The molecule has 0 bridgehead atoms. The molecule has 0 rings (SSSR count). The van der Waals surface area contributed by atoms with Crippen molar-refractivity contribution in [3.8, 4) is 0 Å². The fourth-order valence-corrected chi connectivity index (χ4v) is 0.262. The van der Waals surface area contributed by atoms with Crippen LogP contribution in [-0.4, -0.2) is 26.2 Å². The summed E-state index contributed by atoms with van der Waals surface area (Å²) in [5.41, 5.74) is 0. The standard InChI is InChI=1S/C5H8O4.V/c1-8-4(6)3-5(7)9-2;/h3H2,1-2H3;. The van der Waals surface area contributed by atoms with Crippen LogP contribution in [0, 0.1) is 0 Å². The van der Waals surface area contributed by atoms with Crippen LogP contribution < -0.4 is 0 Å². The second kappa shape index (κ2) is 6.64. The van der Waals surface area contributed by atoms with Crippen molar-refractivity contribution in [1.29, 1.82) is 0 Å². The van der Waals surface area contributed by atoms with Crippen molar-refractivity contribution in [3.05, 3.63) is 0 Å². The molecule has 0 spiro atoms. The van der Waals surface area contributed by atoms with Gasteiger partial charge in [-0.2, -0.15) is 0 Å². The second-order valence-electron chi connectivity index (χ2n) is 1.33. The van der Waals surface area contributed by atoms with Gasteiger partial charge in [-0.15, -0.1) is 0 Å². The van der Waals surface area contributed by atoms with Crippen LogP contribution in [0.3, 0.4) is 0 Å². The summed E-state index contributed by atoms with van der Waals surface area (Å²) in [6.45, 7) is 0. The van der Waals surface area contributed by atoms with Gasteiger partial charge >= 0.3 is 11.9 Å². The van der Waals surface area contributed by atoms with Gasteiger partial charge in [0, 0.05) is 18.6 Å². The van der Waals surface area contributed by atoms with E-state index in [0.717, 1.165) is 0 Å². The maximum atomic E-state index is 10.3. The Hall–Kier alpha value is -0.476. The van der Waals surface area contributed by atoms with E-state index in [4.69, 9.17) is 0 Å². The number of ether oxygens (including phenoxy) is 2. The van der Waals surface area contributed by atoms with Crippen molar-refractivity contribution in [3.63, 3.8) is 0 Å². The monoisotopic (exact) mass is 183 g/mol. The van der Waals surface area contributed by atoms with Crippen LogP contribution in [-0.2, 0) is 37.6 Å². The Bertz CT molecular complexity index is 109. The van der Waals surface area contributed by atoms with Crippen molar-refractivity contribution in [2.24, 2.45) is 0 Å². The molecule has 0 aromatic carbocycles. The first kappa shape index (κ1) is 12.2. The first-order valence-electron chi connectivity index (χ1n) is 2.34. The molecule has 0 amide bonds. The number of carbonyl (C=O) groups excluding carboxylic acids is 2. The van der Waals surface area contributed by atoms with Gasteiger partial charge in [-0.25, -0.2) is 0 Å². The van der Waals surface area contributed by atoms with Crippen LogP contribution in [0.1, 0.15) is 6.42 Å². The molecule has 0 aromatic rings. The minimum atomic E-state index is -0.582. The molecule has 57 valence electrons. The molecule has 0 unspecified atom stereocenters. The zero-order valence-electron chi connectivity index (χ0n) is 5.79. The molecule has 0 aliphatic carbocycles. The zero-order chi connectivity index (χ0) is 7.28. The Kier molecular flexibility index (Phi) is 8.12. The second-order valence-corrected chi connectivity index (χ2v) is 1.33. The van der Waals surface area contributed by atoms with Gasteiger partial charge in [0.1, 0.15) is 6.42 Å². The quantitative estimate of drug-likeness (QED) is 0.436. The van der Waals surface area contributed by atoms with Gasteiger partial charge in [-0.3, -0.25) is 9.59 Å². The van der Waals surface area contributed by atoms with Crippen LogP contribution in [0.4, 0.5) is 0 Å². The molecule has 0 heterocycles. The molecule has 0 N–H and O–H groups in total. The van der Waals surface area contributed by atoms with E-state index in [-0.39, 0.29) is 25.0 Å². The third-order valence-electron chi connectivity index (χ3n) is 0.744. The van der Waals surface area contributed by atoms with Crippen molar-refractivity contribution < 1.29 is 37.6 Å². The fraction of sp³-hybridized carbons (Fsp3) is 0.600. The number of hydrogen-bond acceptors (Lipinski definition) is 4. The molecule has 0 saturated carbocycles. The smallest absolute Gasteiger partial charge is 0.316 e. The summed E-state index contributed by atoms with van der Waals surface area (Å²) in [4.78, 5) is 20.5. The molecule has 0 aliphatic rings. The maximum Gasteiger partial charge on any atom is 0.316 e. The predicted molar refractivity (Wildman–Crippen MR) is 28.6 cm³/mol. The average Bonchev–Trinajstić information content (AvgIpc) is 1.87. The van der Waals surface area contributed by atoms with Crippen molar-refractivity contribution in [2.75, 3.05) is 14.2 Å². The van der Waals surface area contributed by atoms with E-state index in [9.17, 15) is 9.59 Å². The van der Waals surface area contributed by atoms with Crippen molar-refractivity contribution in [1.82, 2.24) is 0 Å². The summed E-state index contributed by atoms with van der Waals surface area (Å²) in [6.07, 6.45) is -0.312. The van der Waals surface area contributed by atoms with E-state index in [0.29, 0.717) is 0 Å². The number of methoxy groups -OCH3 is 2. The Labute approximate surface area is 70.8 Å². The summed E-state index contributed by atoms with van der Waals surface area (Å²) in [5, 5.41) is 0. The Balaban J connectivity index is 0. The summed E-state index contributed by atoms with van der Waals surface area (Å²) < 4.78 is 8.37. The number of hydrogen-bond donors (Lipinski definition) is 0. The summed E-state index contributed by atoms with van der Waals surface area (Å²) >= 11 is 0. The van der Waals surface area contributed by atoms with Gasteiger partial charge in [0.05, 0.1) is 14.2 Å². The molecule has 0 fully saturated rings. The van der Waals surface area contributed by atoms with E-state index in [1.807, 2.05) is 0 Å². The first-order valence-corrected chi connectivity index (χ1v) is 2.34. The van der Waals surface area contributed by atoms with Gasteiger partial charge < -0.3 is 9.47 Å². The van der Waals surface area contributed by atoms with Crippen LogP contribution in [0.25, 0.3) is 0 Å². The van der Waals surface area contributed by atoms with Crippen molar-refractivity contribution >= 4 is 11.9 Å². The fourth-order valence-electron chi connectivity index (χ4n) is 0.262. The van der Waals surface area contributed by atoms with Gasteiger partial charge in [0.25, 0.3) is 0 Å². The van der Waals surface area contributed by atoms with E-state index < -0.39 is 11.9 Å². The van der Waals surface area contributed by atoms with Gasteiger partial charge in [0.2, 0.25) is 0 Å². The summed E-state index contributed by atoms with van der Waals surface area (Å²) in [5.74, 6) is -1.16. The molecule has 1 radical (unpaired) electrons. The Morgan fingerprint density at radius 2 is 1.40 bits per heavy atom. The van der Waals surface area contributed by atoms with E-state index >= 15 is 0 Å². The van der Waals surface area contributed by atoms with E-state index in [1.165, 1.54) is 14.2 Å². The molecular formula is C5H8O4V. The molecule has 4 nitrogen and oxygen atoms in total. The summed E-state index contributed by atoms with van der Waals surface area (Å²) in [7, 11) is 2.43. The Morgan fingerprint density at radius 3 is 1.60 bits per heavy atom. The SMILES string of the molecule is COC(=O)CC(=O)OC.[V]. The maximum absolute atomic E-state index is 10.3. The number of esters is 2. The minimum Gasteiger partial charge on any atom is -0.469 e. The molecule has 5 heteroatoms. The third-order valence-corrected chi connectivity index (χ3v) is 0.744. The van der Waals surface area contributed by atoms with Crippen LogP contribution in [0.2, 0.25) is 0 Å². The summed E-state index contributed by atoms with van der Waals surface area (Å²) in [6, 6.07) is 0. The van der Waals surface area contributed by atoms with Crippen molar-refractivity contribution in [2.45, 2.75) is 6.42 Å². The zero-order valence-corrected chi connectivity index (χ0v) is 7.18. The predicted octanol–water partition coefficient (Wildman–Crippen LogP) is -0.280. The largest absolute Gasteiger partial charge is 0.469 e. The Morgan fingerprint density at radius 1 is 1.10 bits per heavy atom. The molecule has 0 aliphatic heterocycles. The van der Waals surface area contributed by atoms with E-state index in [2.05, 4.69) is 9.47 Å². The molecule has 0 saturated heterocycles. The molecular weight excluding hydrogens is 175 g/mol. The topological polar surface area (TPSA) is 52.6 Å². The van der Waals surface area contributed by atoms with Crippen LogP contribution in [0.5, 0.6) is 0 Å². The average molecular weight is 183 g/mol. The normalized spacial score (nSPS) is 7.40. The number of carbonyl (C=O) groups is 2. The first-order chi connectivity index (χ1) is 4.20. The van der Waals surface area contributed by atoms with Crippen LogP contribution in [0.15, 0.2) is 0 Å². The minimum absolute atomic E-state index is 0. The van der Waals surface area contributed by atoms with Crippen LogP contribution >= 0.6 is 0 Å². The van der Waals surface area contributed by atoms with E-state index in [1.54, 1.807) is 0 Å². The van der Waals surface area contributed by atoms with Gasteiger partial charge in [-0.05, 0) is 0 Å². The molecule has 0 aromatic heterocycles. The molecule has 0 atom stereocenters. The van der Waals surface area contributed by atoms with Gasteiger partial charge in [-0.1, -0.05) is 0 Å². The van der Waals surface area contributed by atoms with Gasteiger partial charge in [0.15, 0.2) is 0 Å².